The number of nitrogen functional groups attached to an aromatic ring is 1. The number of rotatable bonds is 5. The molecule has 3 N–H and O–H groups in total. The van der Waals surface area contributed by atoms with Crippen molar-refractivity contribution in [3.63, 3.8) is 0 Å². The van der Waals surface area contributed by atoms with E-state index in [0.717, 1.165) is 10.6 Å². The fraction of sp³-hybridized carbons (Fsp3) is 0.188. The SMILES string of the molecule is CCNC(=O)c1ccc(N)cc1SCc1ccccc1. The predicted octanol–water partition coefficient (Wildman–Crippen LogP) is 3.31. The Morgan fingerprint density at radius 2 is 1.95 bits per heavy atom. The van der Waals surface area contributed by atoms with Crippen LogP contribution in [0.15, 0.2) is 53.4 Å². The molecule has 1 amide bonds. The summed E-state index contributed by atoms with van der Waals surface area (Å²) in [7, 11) is 0. The Labute approximate surface area is 123 Å². The average molecular weight is 286 g/mol. The lowest BCUT2D eigenvalue weighted by atomic mass is 10.2. The molecule has 0 aliphatic carbocycles. The van der Waals surface area contributed by atoms with Gasteiger partial charge in [-0.05, 0) is 30.7 Å². The first-order valence-corrected chi connectivity index (χ1v) is 7.53. The van der Waals surface area contributed by atoms with Gasteiger partial charge >= 0.3 is 0 Å². The molecule has 0 saturated heterocycles. The number of amides is 1. The molecular formula is C16H18N2OS. The smallest absolute Gasteiger partial charge is 0.252 e. The van der Waals surface area contributed by atoms with Crippen LogP contribution in [-0.2, 0) is 5.75 Å². The molecule has 0 radical (unpaired) electrons. The summed E-state index contributed by atoms with van der Waals surface area (Å²) in [6.45, 7) is 2.53. The molecule has 0 saturated carbocycles. The van der Waals surface area contributed by atoms with E-state index in [0.29, 0.717) is 17.8 Å². The van der Waals surface area contributed by atoms with Crippen molar-refractivity contribution in [3.8, 4) is 0 Å². The number of anilines is 1. The lowest BCUT2D eigenvalue weighted by molar-refractivity contribution is 0.0953. The molecule has 2 aromatic rings. The highest BCUT2D eigenvalue weighted by Crippen LogP contribution is 2.28. The third-order valence-corrected chi connectivity index (χ3v) is 3.95. The number of benzene rings is 2. The van der Waals surface area contributed by atoms with Gasteiger partial charge in [0.2, 0.25) is 0 Å². The van der Waals surface area contributed by atoms with Gasteiger partial charge in [0.25, 0.3) is 5.91 Å². The van der Waals surface area contributed by atoms with E-state index < -0.39 is 0 Å². The van der Waals surface area contributed by atoms with Crippen LogP contribution < -0.4 is 11.1 Å². The van der Waals surface area contributed by atoms with Gasteiger partial charge in [0.05, 0.1) is 5.56 Å². The molecule has 2 aromatic carbocycles. The van der Waals surface area contributed by atoms with E-state index in [1.54, 1.807) is 23.9 Å². The number of hydrogen-bond donors (Lipinski definition) is 2. The summed E-state index contributed by atoms with van der Waals surface area (Å²) in [6.07, 6.45) is 0. The Balaban J connectivity index is 2.17. The summed E-state index contributed by atoms with van der Waals surface area (Å²) in [5, 5.41) is 2.83. The van der Waals surface area contributed by atoms with Gasteiger partial charge in [-0.3, -0.25) is 4.79 Å². The number of hydrogen-bond acceptors (Lipinski definition) is 3. The van der Waals surface area contributed by atoms with E-state index in [4.69, 9.17) is 5.73 Å². The second-order valence-electron chi connectivity index (χ2n) is 4.39. The fourth-order valence-corrected chi connectivity index (χ4v) is 2.89. The number of carbonyl (C=O) groups is 1. The molecule has 0 aliphatic heterocycles. The van der Waals surface area contributed by atoms with Gasteiger partial charge in [0.1, 0.15) is 0 Å². The number of carbonyl (C=O) groups excluding carboxylic acids is 1. The molecular weight excluding hydrogens is 268 g/mol. The minimum Gasteiger partial charge on any atom is -0.399 e. The minimum atomic E-state index is -0.0527. The van der Waals surface area contributed by atoms with Gasteiger partial charge in [0.15, 0.2) is 0 Å². The predicted molar refractivity (Wildman–Crippen MR) is 84.9 cm³/mol. The first kappa shape index (κ1) is 14.5. The van der Waals surface area contributed by atoms with Crippen molar-refractivity contribution >= 4 is 23.4 Å². The van der Waals surface area contributed by atoms with Crippen LogP contribution in [0.4, 0.5) is 5.69 Å². The molecule has 0 bridgehead atoms. The van der Waals surface area contributed by atoms with E-state index in [1.165, 1.54) is 5.56 Å². The minimum absolute atomic E-state index is 0.0527. The maximum Gasteiger partial charge on any atom is 0.252 e. The number of thioether (sulfide) groups is 1. The molecule has 3 nitrogen and oxygen atoms in total. The van der Waals surface area contributed by atoms with Crippen LogP contribution in [0.5, 0.6) is 0 Å². The summed E-state index contributed by atoms with van der Waals surface area (Å²) in [5.41, 5.74) is 8.41. The molecule has 0 aliphatic rings. The van der Waals surface area contributed by atoms with Crippen molar-refractivity contribution in [1.29, 1.82) is 0 Å². The van der Waals surface area contributed by atoms with Crippen LogP contribution in [0.3, 0.4) is 0 Å². The molecule has 4 heteroatoms. The molecule has 0 heterocycles. The summed E-state index contributed by atoms with van der Waals surface area (Å²) in [5.74, 6) is 0.763. The lowest BCUT2D eigenvalue weighted by Gasteiger charge is -2.10. The van der Waals surface area contributed by atoms with E-state index in [1.807, 2.05) is 31.2 Å². The quantitative estimate of drug-likeness (QED) is 0.655. The Kier molecular flexibility index (Phi) is 5.07. The van der Waals surface area contributed by atoms with Crippen molar-refractivity contribution in [1.82, 2.24) is 5.32 Å². The molecule has 0 atom stereocenters. The topological polar surface area (TPSA) is 55.1 Å². The van der Waals surface area contributed by atoms with Crippen molar-refractivity contribution in [2.24, 2.45) is 0 Å². The molecule has 0 fully saturated rings. The van der Waals surface area contributed by atoms with Crippen LogP contribution >= 0.6 is 11.8 Å². The van der Waals surface area contributed by atoms with E-state index >= 15 is 0 Å². The van der Waals surface area contributed by atoms with Crippen molar-refractivity contribution in [2.45, 2.75) is 17.6 Å². The van der Waals surface area contributed by atoms with Crippen molar-refractivity contribution in [2.75, 3.05) is 12.3 Å². The first-order chi connectivity index (χ1) is 9.70. The van der Waals surface area contributed by atoms with Gasteiger partial charge in [-0.25, -0.2) is 0 Å². The average Bonchev–Trinajstić information content (AvgIpc) is 2.46. The maximum absolute atomic E-state index is 12.0. The van der Waals surface area contributed by atoms with Crippen LogP contribution in [0, 0.1) is 0 Å². The Hall–Kier alpha value is -1.94. The molecule has 104 valence electrons. The Morgan fingerprint density at radius 1 is 1.20 bits per heavy atom. The second-order valence-corrected chi connectivity index (χ2v) is 5.41. The highest BCUT2D eigenvalue weighted by atomic mass is 32.2. The highest BCUT2D eigenvalue weighted by Gasteiger charge is 2.11. The van der Waals surface area contributed by atoms with Gasteiger partial charge < -0.3 is 11.1 Å². The number of nitrogens with one attached hydrogen (secondary N) is 1. The monoisotopic (exact) mass is 286 g/mol. The van der Waals surface area contributed by atoms with Gasteiger partial charge in [-0.15, -0.1) is 11.8 Å². The summed E-state index contributed by atoms with van der Waals surface area (Å²) in [4.78, 5) is 12.9. The van der Waals surface area contributed by atoms with E-state index in [2.05, 4.69) is 17.4 Å². The van der Waals surface area contributed by atoms with Gasteiger partial charge in [-0.2, -0.15) is 0 Å². The van der Waals surface area contributed by atoms with E-state index in [9.17, 15) is 4.79 Å². The Morgan fingerprint density at radius 3 is 2.65 bits per heavy atom. The number of nitrogens with two attached hydrogens (primary N) is 1. The third-order valence-electron chi connectivity index (χ3n) is 2.82. The van der Waals surface area contributed by atoms with Crippen LogP contribution in [-0.4, -0.2) is 12.5 Å². The maximum atomic E-state index is 12.0. The largest absolute Gasteiger partial charge is 0.399 e. The lowest BCUT2D eigenvalue weighted by Crippen LogP contribution is -2.23. The molecule has 0 spiro atoms. The third kappa shape index (κ3) is 3.78. The summed E-state index contributed by atoms with van der Waals surface area (Å²) < 4.78 is 0. The van der Waals surface area contributed by atoms with Gasteiger partial charge in [-0.1, -0.05) is 30.3 Å². The first-order valence-electron chi connectivity index (χ1n) is 6.55. The molecule has 2 rings (SSSR count). The van der Waals surface area contributed by atoms with Crippen molar-refractivity contribution < 1.29 is 4.79 Å². The summed E-state index contributed by atoms with van der Waals surface area (Å²) in [6, 6.07) is 15.6. The van der Waals surface area contributed by atoms with Crippen LogP contribution in [0.25, 0.3) is 0 Å². The zero-order valence-electron chi connectivity index (χ0n) is 11.4. The molecule has 0 unspecified atom stereocenters. The fourth-order valence-electron chi connectivity index (χ4n) is 1.84. The van der Waals surface area contributed by atoms with Crippen LogP contribution in [0.1, 0.15) is 22.8 Å². The van der Waals surface area contributed by atoms with E-state index in [-0.39, 0.29) is 5.91 Å². The van der Waals surface area contributed by atoms with Gasteiger partial charge in [0, 0.05) is 22.9 Å². The van der Waals surface area contributed by atoms with Crippen LogP contribution in [0.2, 0.25) is 0 Å². The standard InChI is InChI=1S/C16H18N2OS/c1-2-18-16(19)14-9-8-13(17)10-15(14)20-11-12-6-4-3-5-7-12/h3-10H,2,11,17H2,1H3,(H,18,19). The molecule has 0 aromatic heterocycles. The summed E-state index contributed by atoms with van der Waals surface area (Å²) >= 11 is 1.63. The normalized spacial score (nSPS) is 10.2. The van der Waals surface area contributed by atoms with Crippen molar-refractivity contribution in [3.05, 3.63) is 59.7 Å². The zero-order chi connectivity index (χ0) is 14.4. The molecule has 20 heavy (non-hydrogen) atoms. The highest BCUT2D eigenvalue weighted by molar-refractivity contribution is 7.98. The second kappa shape index (κ2) is 7.01. The Bertz CT molecular complexity index is 584. The zero-order valence-corrected chi connectivity index (χ0v) is 12.2.